The Balaban J connectivity index is 1.54. The molecule has 1 N–H and O–H groups in total. The molecule has 1 unspecified atom stereocenters. The maximum atomic E-state index is 13.7. The Kier molecular flexibility index (Phi) is 7.28. The summed E-state index contributed by atoms with van der Waals surface area (Å²) in [5.74, 6) is -2.65. The summed E-state index contributed by atoms with van der Waals surface area (Å²) in [6.07, 6.45) is 1.01. The highest BCUT2D eigenvalue weighted by Gasteiger charge is 2.46. The van der Waals surface area contributed by atoms with Crippen molar-refractivity contribution in [2.45, 2.75) is 43.4 Å². The summed E-state index contributed by atoms with van der Waals surface area (Å²) >= 11 is 0. The average Bonchev–Trinajstić information content (AvgIpc) is 2.92. The minimum atomic E-state index is -0.991. The van der Waals surface area contributed by atoms with E-state index in [0.29, 0.717) is 12.0 Å². The van der Waals surface area contributed by atoms with Crippen molar-refractivity contribution in [1.29, 1.82) is 0 Å². The maximum absolute atomic E-state index is 13.7. The fourth-order valence-corrected chi connectivity index (χ4v) is 6.05. The molecule has 2 atom stereocenters. The Morgan fingerprint density at radius 2 is 1.18 bits per heavy atom. The normalized spacial score (nSPS) is 22.9. The lowest BCUT2D eigenvalue weighted by Gasteiger charge is -2.35. The van der Waals surface area contributed by atoms with E-state index in [1.54, 1.807) is 0 Å². The number of rotatable bonds is 6. The molecule has 5 rings (SSSR count). The lowest BCUT2D eigenvalue weighted by molar-refractivity contribution is -0.136. The van der Waals surface area contributed by atoms with Gasteiger partial charge in [-0.1, -0.05) is 72.8 Å². The summed E-state index contributed by atoms with van der Waals surface area (Å²) in [5, 5.41) is 11.3. The molecular formula is C33H33NO4. The Morgan fingerprint density at radius 3 is 1.66 bits per heavy atom. The van der Waals surface area contributed by atoms with Gasteiger partial charge in [-0.05, 0) is 40.7 Å². The number of nitrogens with zero attached hydrogens (tertiary/aromatic N) is 1. The van der Waals surface area contributed by atoms with Gasteiger partial charge in [0.25, 0.3) is 0 Å². The van der Waals surface area contributed by atoms with Crippen LogP contribution in [0.15, 0.2) is 96.3 Å². The van der Waals surface area contributed by atoms with Crippen molar-refractivity contribution in [3.63, 3.8) is 0 Å². The Hall–Kier alpha value is -3.99. The molecule has 0 spiro atoms. The van der Waals surface area contributed by atoms with E-state index in [-0.39, 0.29) is 59.8 Å². The van der Waals surface area contributed by atoms with E-state index < -0.39 is 11.8 Å². The van der Waals surface area contributed by atoms with E-state index in [0.717, 1.165) is 16.8 Å². The predicted octanol–water partition coefficient (Wildman–Crippen LogP) is 6.13. The van der Waals surface area contributed by atoms with Gasteiger partial charge in [0.1, 0.15) is 17.3 Å². The van der Waals surface area contributed by atoms with Crippen molar-refractivity contribution in [2.24, 2.45) is 5.92 Å². The zero-order chi connectivity index (χ0) is 26.8. The molecule has 0 radical (unpaired) electrons. The maximum Gasteiger partial charge on any atom is 0.163 e. The highest BCUT2D eigenvalue weighted by Crippen LogP contribution is 2.46. The molecule has 0 bridgehead atoms. The molecule has 2 aliphatic rings. The van der Waals surface area contributed by atoms with Crippen molar-refractivity contribution in [3.05, 3.63) is 113 Å². The van der Waals surface area contributed by atoms with Gasteiger partial charge in [-0.25, -0.2) is 0 Å². The van der Waals surface area contributed by atoms with Crippen LogP contribution in [0.2, 0.25) is 0 Å². The lowest BCUT2D eigenvalue weighted by atomic mass is 9.65. The molecular weight excluding hydrogens is 474 g/mol. The molecule has 0 amide bonds. The standard InChI is InChI=1S/C33H33NO4/c1-34(2)26-15-13-23(14-16-26)31(32-27(35)17-24(18-28(32)36)21-9-5-3-6-10-21)33-29(37)19-25(20-30(33)38)22-11-7-4-8-12-22/h3-16,24-25,31-32,37H,17-20H2,1-2H3/t24?,25?,31-,32?/m0/s1. The summed E-state index contributed by atoms with van der Waals surface area (Å²) in [6, 6.07) is 26.9. The van der Waals surface area contributed by atoms with Crippen molar-refractivity contribution >= 4 is 23.0 Å². The van der Waals surface area contributed by atoms with Crippen LogP contribution in [0.3, 0.4) is 0 Å². The molecule has 0 aromatic heterocycles. The molecule has 3 aromatic rings. The molecule has 5 heteroatoms. The lowest BCUT2D eigenvalue weighted by Crippen LogP contribution is -2.39. The van der Waals surface area contributed by atoms with Gasteiger partial charge in [-0.2, -0.15) is 0 Å². The number of benzene rings is 3. The van der Waals surface area contributed by atoms with E-state index in [1.165, 1.54) is 0 Å². The van der Waals surface area contributed by atoms with Crippen LogP contribution in [0, 0.1) is 5.92 Å². The molecule has 3 aromatic carbocycles. The number of ketones is 3. The Morgan fingerprint density at radius 1 is 0.684 bits per heavy atom. The smallest absolute Gasteiger partial charge is 0.163 e. The number of hydrogen-bond donors (Lipinski definition) is 1. The van der Waals surface area contributed by atoms with Crippen LogP contribution in [0.1, 0.15) is 60.1 Å². The Labute approximate surface area is 223 Å². The number of hydrogen-bond acceptors (Lipinski definition) is 5. The molecule has 38 heavy (non-hydrogen) atoms. The SMILES string of the molecule is CN(C)c1ccc([C@H](C2=C(O)CC(c3ccccc3)CC2=O)C2C(=O)CC(c3ccccc3)CC2=O)cc1. The van der Waals surface area contributed by atoms with Crippen LogP contribution >= 0.6 is 0 Å². The van der Waals surface area contributed by atoms with Gasteiger partial charge >= 0.3 is 0 Å². The second-order valence-electron chi connectivity index (χ2n) is 10.7. The number of aliphatic hydroxyl groups is 1. The van der Waals surface area contributed by atoms with Crippen LogP contribution in [0.5, 0.6) is 0 Å². The number of carbonyl (C=O) groups excluding carboxylic acids is 3. The molecule has 2 aliphatic carbocycles. The first-order chi connectivity index (χ1) is 18.3. The monoisotopic (exact) mass is 507 g/mol. The minimum Gasteiger partial charge on any atom is -0.512 e. The van der Waals surface area contributed by atoms with Gasteiger partial charge in [-0.3, -0.25) is 14.4 Å². The number of aliphatic hydroxyl groups excluding tert-OH is 1. The molecule has 0 saturated heterocycles. The predicted molar refractivity (Wildman–Crippen MR) is 149 cm³/mol. The van der Waals surface area contributed by atoms with Gasteiger partial charge in [0.2, 0.25) is 0 Å². The van der Waals surface area contributed by atoms with Crippen LogP contribution in [-0.4, -0.2) is 36.6 Å². The number of carbonyl (C=O) groups is 3. The highest BCUT2D eigenvalue weighted by molar-refractivity contribution is 6.09. The summed E-state index contributed by atoms with van der Waals surface area (Å²) in [4.78, 5) is 43.0. The molecule has 1 fully saturated rings. The van der Waals surface area contributed by atoms with Crippen LogP contribution in [0.25, 0.3) is 0 Å². The molecule has 0 aliphatic heterocycles. The van der Waals surface area contributed by atoms with Crippen LogP contribution < -0.4 is 4.90 Å². The van der Waals surface area contributed by atoms with Crippen LogP contribution in [-0.2, 0) is 14.4 Å². The fraction of sp³-hybridized carbons (Fsp3) is 0.303. The number of Topliss-reactive ketones (excluding diaryl/α,β-unsaturated/α-hetero) is 3. The third-order valence-electron chi connectivity index (χ3n) is 8.03. The van der Waals surface area contributed by atoms with E-state index in [9.17, 15) is 19.5 Å². The quantitative estimate of drug-likeness (QED) is 0.407. The van der Waals surface area contributed by atoms with Gasteiger partial charge in [0.05, 0.1) is 5.92 Å². The van der Waals surface area contributed by atoms with Crippen molar-refractivity contribution in [2.75, 3.05) is 19.0 Å². The van der Waals surface area contributed by atoms with Crippen molar-refractivity contribution in [3.8, 4) is 0 Å². The topological polar surface area (TPSA) is 74.7 Å². The van der Waals surface area contributed by atoms with E-state index in [1.807, 2.05) is 104 Å². The third kappa shape index (κ3) is 5.06. The number of allylic oxidation sites excluding steroid dienone is 2. The largest absolute Gasteiger partial charge is 0.512 e. The number of anilines is 1. The molecule has 0 heterocycles. The first-order valence-corrected chi connectivity index (χ1v) is 13.2. The summed E-state index contributed by atoms with van der Waals surface area (Å²) in [6.45, 7) is 0. The average molecular weight is 508 g/mol. The highest BCUT2D eigenvalue weighted by atomic mass is 16.3. The third-order valence-corrected chi connectivity index (χ3v) is 8.03. The van der Waals surface area contributed by atoms with Crippen molar-refractivity contribution in [1.82, 2.24) is 0 Å². The zero-order valence-corrected chi connectivity index (χ0v) is 21.8. The minimum absolute atomic E-state index is 0.0115. The second kappa shape index (κ2) is 10.8. The fourth-order valence-electron chi connectivity index (χ4n) is 6.05. The van der Waals surface area contributed by atoms with Gasteiger partial charge in [-0.15, -0.1) is 0 Å². The zero-order valence-electron chi connectivity index (χ0n) is 21.8. The first-order valence-electron chi connectivity index (χ1n) is 13.2. The summed E-state index contributed by atoms with van der Waals surface area (Å²) in [7, 11) is 3.88. The Bertz CT molecular complexity index is 1340. The summed E-state index contributed by atoms with van der Waals surface area (Å²) in [5.41, 5.74) is 3.86. The summed E-state index contributed by atoms with van der Waals surface area (Å²) < 4.78 is 0. The van der Waals surface area contributed by atoms with Crippen molar-refractivity contribution < 1.29 is 19.5 Å². The van der Waals surface area contributed by atoms with Gasteiger partial charge in [0.15, 0.2) is 5.78 Å². The molecule has 5 nitrogen and oxygen atoms in total. The first kappa shape index (κ1) is 25.7. The van der Waals surface area contributed by atoms with E-state index >= 15 is 0 Å². The van der Waals surface area contributed by atoms with Gasteiger partial charge < -0.3 is 10.0 Å². The van der Waals surface area contributed by atoms with E-state index in [2.05, 4.69) is 0 Å². The second-order valence-corrected chi connectivity index (χ2v) is 10.7. The molecule has 194 valence electrons. The van der Waals surface area contributed by atoms with Gasteiger partial charge in [0, 0.05) is 57.0 Å². The van der Waals surface area contributed by atoms with Crippen LogP contribution in [0.4, 0.5) is 5.69 Å². The van der Waals surface area contributed by atoms with E-state index in [4.69, 9.17) is 0 Å². The molecule has 1 saturated carbocycles.